The van der Waals surface area contributed by atoms with E-state index in [4.69, 9.17) is 26.8 Å². The second kappa shape index (κ2) is 9.87. The van der Waals surface area contributed by atoms with Crippen LogP contribution in [0.3, 0.4) is 0 Å². The molecule has 178 valence electrons. The second-order valence-corrected chi connectivity index (χ2v) is 7.34. The van der Waals surface area contributed by atoms with Crippen LogP contribution in [0.5, 0.6) is 17.2 Å². The lowest BCUT2D eigenvalue weighted by Gasteiger charge is -2.16. The average molecular weight is 495 g/mol. The minimum absolute atomic E-state index is 0.0375. The highest BCUT2D eigenvalue weighted by molar-refractivity contribution is 6.31. The number of hydrogen-bond acceptors (Lipinski definition) is 5. The zero-order valence-electron chi connectivity index (χ0n) is 17.8. The predicted molar refractivity (Wildman–Crippen MR) is 120 cm³/mol. The fourth-order valence-corrected chi connectivity index (χ4v) is 3.16. The van der Waals surface area contributed by atoms with Crippen LogP contribution in [0.4, 0.5) is 29.3 Å². The Labute approximate surface area is 196 Å². The molecular weight excluding hydrogens is 477 g/mol. The Hall–Kier alpha value is -3.99. The van der Waals surface area contributed by atoms with Gasteiger partial charge in [-0.1, -0.05) is 11.6 Å². The lowest BCUT2D eigenvalue weighted by atomic mass is 10.1. The number of hydrogen-bond donors (Lipinski definition) is 3. The van der Waals surface area contributed by atoms with Crippen LogP contribution in [0.15, 0.2) is 48.7 Å². The molecule has 0 aliphatic rings. The number of pyridine rings is 1. The number of anilines is 2. The summed E-state index contributed by atoms with van der Waals surface area (Å²) < 4.78 is 50.2. The number of aryl methyl sites for hydroxylation is 1. The van der Waals surface area contributed by atoms with E-state index in [0.717, 1.165) is 6.07 Å². The quantitative estimate of drug-likeness (QED) is 0.412. The molecule has 1 aromatic heterocycles. The van der Waals surface area contributed by atoms with Crippen molar-refractivity contribution < 1.29 is 32.2 Å². The van der Waals surface area contributed by atoms with E-state index in [1.54, 1.807) is 25.1 Å². The standard InChI is InChI=1S/C22H18ClF3N4O4/c1-11-7-12(34-13-5-6-28-18(8-13)20(27)31)3-4-16(11)29-21(32)30-17-9-14(22(24,25)26)15(23)10-19(17)33-2/h3-10H,1-2H3,(H2,27,31)(H2,29,30,32). The van der Waals surface area contributed by atoms with E-state index in [1.807, 2.05) is 0 Å². The lowest BCUT2D eigenvalue weighted by Crippen LogP contribution is -2.21. The number of ether oxygens (including phenoxy) is 2. The van der Waals surface area contributed by atoms with Crippen LogP contribution in [0, 0.1) is 6.92 Å². The Morgan fingerprint density at radius 3 is 2.32 bits per heavy atom. The van der Waals surface area contributed by atoms with Gasteiger partial charge in [-0.25, -0.2) is 4.79 Å². The number of rotatable bonds is 6. The number of halogens is 4. The number of nitrogens with two attached hydrogens (primary N) is 1. The molecule has 34 heavy (non-hydrogen) atoms. The van der Waals surface area contributed by atoms with Crippen LogP contribution < -0.4 is 25.8 Å². The zero-order chi connectivity index (χ0) is 25.0. The Kier molecular flexibility index (Phi) is 7.16. The highest BCUT2D eigenvalue weighted by atomic mass is 35.5. The van der Waals surface area contributed by atoms with Crippen molar-refractivity contribution in [1.82, 2.24) is 4.98 Å². The van der Waals surface area contributed by atoms with Gasteiger partial charge in [-0.2, -0.15) is 13.2 Å². The van der Waals surface area contributed by atoms with Gasteiger partial charge >= 0.3 is 12.2 Å². The number of methoxy groups -OCH3 is 1. The molecule has 0 bridgehead atoms. The number of benzene rings is 2. The van der Waals surface area contributed by atoms with Gasteiger partial charge in [-0.3, -0.25) is 9.78 Å². The van der Waals surface area contributed by atoms with Crippen molar-refractivity contribution in [3.05, 3.63) is 70.5 Å². The summed E-state index contributed by atoms with van der Waals surface area (Å²) in [5, 5.41) is 4.33. The van der Waals surface area contributed by atoms with Gasteiger partial charge in [0.1, 0.15) is 22.9 Å². The largest absolute Gasteiger partial charge is 0.495 e. The SMILES string of the molecule is COc1cc(Cl)c(C(F)(F)F)cc1NC(=O)Nc1ccc(Oc2ccnc(C(N)=O)c2)cc1C. The third kappa shape index (κ3) is 5.87. The Morgan fingerprint density at radius 1 is 1.03 bits per heavy atom. The molecule has 3 amide bonds. The first-order valence-electron chi connectivity index (χ1n) is 9.55. The van der Waals surface area contributed by atoms with Crippen molar-refractivity contribution in [3.8, 4) is 17.2 Å². The molecule has 0 saturated heterocycles. The number of nitrogens with one attached hydrogen (secondary N) is 2. The van der Waals surface area contributed by atoms with E-state index in [9.17, 15) is 22.8 Å². The fraction of sp³-hybridized carbons (Fsp3) is 0.136. The molecule has 1 heterocycles. The van der Waals surface area contributed by atoms with Crippen molar-refractivity contribution in [3.63, 3.8) is 0 Å². The summed E-state index contributed by atoms with van der Waals surface area (Å²) in [4.78, 5) is 27.5. The first-order chi connectivity index (χ1) is 16.0. The van der Waals surface area contributed by atoms with Gasteiger partial charge in [0.2, 0.25) is 0 Å². The van der Waals surface area contributed by atoms with Crippen molar-refractivity contribution >= 4 is 34.9 Å². The molecule has 12 heteroatoms. The van der Waals surface area contributed by atoms with Gasteiger partial charge in [0.25, 0.3) is 5.91 Å². The number of alkyl halides is 3. The van der Waals surface area contributed by atoms with E-state index in [0.29, 0.717) is 28.8 Å². The van der Waals surface area contributed by atoms with Gasteiger partial charge in [-0.15, -0.1) is 0 Å². The van der Waals surface area contributed by atoms with Crippen LogP contribution in [-0.4, -0.2) is 24.0 Å². The molecule has 0 unspecified atom stereocenters. The molecule has 0 fully saturated rings. The van der Waals surface area contributed by atoms with Gasteiger partial charge < -0.3 is 25.8 Å². The monoisotopic (exact) mass is 494 g/mol. The van der Waals surface area contributed by atoms with E-state index in [-0.39, 0.29) is 17.1 Å². The summed E-state index contributed by atoms with van der Waals surface area (Å²) >= 11 is 5.68. The number of primary amides is 1. The number of aromatic nitrogens is 1. The second-order valence-electron chi connectivity index (χ2n) is 6.93. The number of urea groups is 1. The zero-order valence-corrected chi connectivity index (χ0v) is 18.5. The minimum Gasteiger partial charge on any atom is -0.495 e. The van der Waals surface area contributed by atoms with Crippen LogP contribution in [-0.2, 0) is 6.18 Å². The highest BCUT2D eigenvalue weighted by Gasteiger charge is 2.34. The summed E-state index contributed by atoms with van der Waals surface area (Å²) in [6.45, 7) is 1.69. The molecule has 0 saturated carbocycles. The number of nitrogens with zero attached hydrogens (tertiary/aromatic N) is 1. The molecule has 0 atom stereocenters. The van der Waals surface area contributed by atoms with Crippen molar-refractivity contribution in [2.75, 3.05) is 17.7 Å². The van der Waals surface area contributed by atoms with E-state index in [2.05, 4.69) is 15.6 Å². The minimum atomic E-state index is -4.71. The third-order valence-electron chi connectivity index (χ3n) is 4.51. The molecule has 3 rings (SSSR count). The maximum atomic E-state index is 13.2. The molecule has 8 nitrogen and oxygen atoms in total. The molecule has 3 aromatic rings. The Balaban J connectivity index is 1.75. The first-order valence-corrected chi connectivity index (χ1v) is 9.93. The summed E-state index contributed by atoms with van der Waals surface area (Å²) in [5.74, 6) is -0.00983. The van der Waals surface area contributed by atoms with E-state index in [1.165, 1.54) is 25.4 Å². The van der Waals surface area contributed by atoms with Gasteiger partial charge in [0, 0.05) is 24.0 Å². The summed E-state index contributed by atoms with van der Waals surface area (Å²) in [5.41, 5.74) is 4.89. The molecule has 0 aliphatic carbocycles. The van der Waals surface area contributed by atoms with Crippen molar-refractivity contribution in [2.24, 2.45) is 5.73 Å². The van der Waals surface area contributed by atoms with Gasteiger partial charge in [0.15, 0.2) is 0 Å². The number of amides is 3. The van der Waals surface area contributed by atoms with Crippen molar-refractivity contribution in [2.45, 2.75) is 13.1 Å². The average Bonchev–Trinajstić information content (AvgIpc) is 2.76. The summed E-state index contributed by atoms with van der Waals surface area (Å²) in [7, 11) is 1.24. The van der Waals surface area contributed by atoms with Crippen LogP contribution >= 0.6 is 11.6 Å². The first kappa shape index (κ1) is 24.6. The summed E-state index contributed by atoms with van der Waals surface area (Å²) in [6, 6.07) is 8.50. The number of carbonyl (C=O) groups excluding carboxylic acids is 2. The Morgan fingerprint density at radius 2 is 1.71 bits per heavy atom. The molecule has 0 aliphatic heterocycles. The summed E-state index contributed by atoms with van der Waals surface area (Å²) in [6.07, 6.45) is -3.34. The topological polar surface area (TPSA) is 116 Å². The van der Waals surface area contributed by atoms with Crippen LogP contribution in [0.1, 0.15) is 21.6 Å². The smallest absolute Gasteiger partial charge is 0.417 e. The molecule has 0 spiro atoms. The maximum absolute atomic E-state index is 13.2. The van der Waals surface area contributed by atoms with Gasteiger partial charge in [0.05, 0.1) is 23.4 Å². The Bertz CT molecular complexity index is 1250. The van der Waals surface area contributed by atoms with E-state index >= 15 is 0 Å². The number of carbonyl (C=O) groups is 2. The molecular formula is C22H18ClF3N4O4. The molecule has 0 radical (unpaired) electrons. The van der Waals surface area contributed by atoms with Crippen LogP contribution in [0.25, 0.3) is 0 Å². The molecule has 2 aromatic carbocycles. The predicted octanol–water partition coefficient (Wildman–Crippen LogP) is 5.61. The molecule has 4 N–H and O–H groups in total. The lowest BCUT2D eigenvalue weighted by molar-refractivity contribution is -0.137. The highest BCUT2D eigenvalue weighted by Crippen LogP contribution is 2.40. The fourth-order valence-electron chi connectivity index (χ4n) is 2.90. The van der Waals surface area contributed by atoms with Crippen LogP contribution in [0.2, 0.25) is 5.02 Å². The maximum Gasteiger partial charge on any atom is 0.417 e. The third-order valence-corrected chi connectivity index (χ3v) is 4.82. The van der Waals surface area contributed by atoms with Crippen molar-refractivity contribution in [1.29, 1.82) is 0 Å². The normalized spacial score (nSPS) is 11.0. The van der Waals surface area contributed by atoms with E-state index < -0.39 is 28.7 Å². The van der Waals surface area contributed by atoms with Gasteiger partial charge in [-0.05, 0) is 42.8 Å².